The van der Waals surface area contributed by atoms with Crippen molar-refractivity contribution >= 4 is 28.9 Å². The van der Waals surface area contributed by atoms with Crippen molar-refractivity contribution in [3.63, 3.8) is 0 Å². The number of hydrogen-bond acceptors (Lipinski definition) is 6. The van der Waals surface area contributed by atoms with E-state index in [1.54, 1.807) is 24.3 Å². The molecular weight excluding hydrogens is 380 g/mol. The molecule has 3 rings (SSSR count). The minimum absolute atomic E-state index is 0.00778. The average Bonchev–Trinajstić information content (AvgIpc) is 2.69. The lowest BCUT2D eigenvalue weighted by atomic mass is 9.94. The van der Waals surface area contributed by atoms with Crippen LogP contribution in [0.25, 0.3) is 5.57 Å². The van der Waals surface area contributed by atoms with Crippen molar-refractivity contribution in [2.45, 2.75) is 18.8 Å². The third-order valence-corrected chi connectivity index (χ3v) is 4.81. The predicted molar refractivity (Wildman–Crippen MR) is 108 cm³/mol. The molecule has 1 saturated heterocycles. The number of carbonyl (C=O) groups excluding carboxylic acids is 1. The number of halogens is 1. The topological polar surface area (TPSA) is 137 Å². The van der Waals surface area contributed by atoms with Gasteiger partial charge in [-0.05, 0) is 50.2 Å². The van der Waals surface area contributed by atoms with Crippen LogP contribution in [-0.2, 0) is 4.79 Å². The summed E-state index contributed by atoms with van der Waals surface area (Å²) in [6, 6.07) is 7.95. The van der Waals surface area contributed by atoms with E-state index in [4.69, 9.17) is 22.7 Å². The molecular formula is C19H21ClN6O2. The summed E-state index contributed by atoms with van der Waals surface area (Å²) >= 11 is 5.84. The number of carbonyl (C=O) groups is 1. The number of aromatic nitrogens is 2. The summed E-state index contributed by atoms with van der Waals surface area (Å²) < 4.78 is 0. The highest BCUT2D eigenvalue weighted by atomic mass is 35.5. The summed E-state index contributed by atoms with van der Waals surface area (Å²) in [5.74, 6) is -0.507. The van der Waals surface area contributed by atoms with E-state index < -0.39 is 5.91 Å². The first-order valence-corrected chi connectivity index (χ1v) is 9.26. The predicted octanol–water partition coefficient (Wildman–Crippen LogP) is 1.33. The van der Waals surface area contributed by atoms with Crippen LogP contribution in [0.4, 0.5) is 0 Å². The maximum Gasteiger partial charge on any atom is 0.262 e. The molecule has 8 nitrogen and oxygen atoms in total. The first-order chi connectivity index (χ1) is 13.5. The molecule has 0 bridgehead atoms. The molecule has 1 fully saturated rings. The van der Waals surface area contributed by atoms with E-state index in [-0.39, 0.29) is 28.7 Å². The van der Waals surface area contributed by atoms with Crippen LogP contribution in [0, 0.1) is 5.41 Å². The number of hydrogen-bond donors (Lipinski definition) is 5. The Hall–Kier alpha value is -2.97. The van der Waals surface area contributed by atoms with E-state index >= 15 is 0 Å². The number of amides is 1. The highest BCUT2D eigenvalue weighted by molar-refractivity contribution is 6.30. The third-order valence-electron chi connectivity index (χ3n) is 4.56. The summed E-state index contributed by atoms with van der Waals surface area (Å²) in [4.78, 5) is 31.8. The van der Waals surface area contributed by atoms with Crippen molar-refractivity contribution in [3.8, 4) is 0 Å². The molecule has 0 radical (unpaired) electrons. The minimum atomic E-state index is -0.631. The van der Waals surface area contributed by atoms with Gasteiger partial charge in [-0.25, -0.2) is 4.98 Å². The smallest absolute Gasteiger partial charge is 0.262 e. The zero-order valence-corrected chi connectivity index (χ0v) is 15.8. The maximum absolute atomic E-state index is 12.6. The zero-order valence-electron chi connectivity index (χ0n) is 15.1. The summed E-state index contributed by atoms with van der Waals surface area (Å²) in [6.45, 7) is 1.71. The van der Waals surface area contributed by atoms with Crippen molar-refractivity contribution < 1.29 is 4.79 Å². The second-order valence-electron chi connectivity index (χ2n) is 6.46. The normalized spacial score (nSPS) is 15.2. The molecule has 2 aromatic rings. The highest BCUT2D eigenvalue weighted by Gasteiger charge is 2.21. The fourth-order valence-corrected chi connectivity index (χ4v) is 3.19. The standard InChI is InChI=1S/C19H21ClN6O2/c20-13-3-1-12(2-4-13)17(22)26-19(28)14(10-21)18-24-15(9-16(27)25-18)11-5-7-23-8-6-11/h1-4,9-11,23H,5-8,21H2,(H2,22,26,28)(H,24,25,27). The second-order valence-corrected chi connectivity index (χ2v) is 6.90. The van der Waals surface area contributed by atoms with Gasteiger partial charge in [0.1, 0.15) is 11.7 Å². The second kappa shape index (κ2) is 8.81. The number of nitrogens with two attached hydrogens (primary N) is 1. The summed E-state index contributed by atoms with van der Waals surface area (Å²) in [5, 5.41) is 14.3. The Morgan fingerprint density at radius 3 is 2.61 bits per heavy atom. The first-order valence-electron chi connectivity index (χ1n) is 8.88. The Bertz CT molecular complexity index is 961. The van der Waals surface area contributed by atoms with Crippen molar-refractivity contribution in [1.82, 2.24) is 20.6 Å². The third kappa shape index (κ3) is 4.65. The van der Waals surface area contributed by atoms with Crippen LogP contribution >= 0.6 is 11.6 Å². The van der Waals surface area contributed by atoms with Gasteiger partial charge >= 0.3 is 0 Å². The lowest BCUT2D eigenvalue weighted by molar-refractivity contribution is -0.114. The van der Waals surface area contributed by atoms with Gasteiger partial charge in [-0.3, -0.25) is 15.0 Å². The van der Waals surface area contributed by atoms with Gasteiger partial charge in [0.05, 0.1) is 11.3 Å². The zero-order chi connectivity index (χ0) is 20.1. The van der Waals surface area contributed by atoms with Crippen LogP contribution < -0.4 is 21.9 Å². The summed E-state index contributed by atoms with van der Waals surface area (Å²) in [6.07, 6.45) is 2.81. The fraction of sp³-hybridized carbons (Fsp3) is 0.263. The molecule has 2 heterocycles. The largest absolute Gasteiger partial charge is 0.404 e. The van der Waals surface area contributed by atoms with Gasteiger partial charge in [0.2, 0.25) is 0 Å². The van der Waals surface area contributed by atoms with Gasteiger partial charge in [-0.15, -0.1) is 0 Å². The van der Waals surface area contributed by atoms with Gasteiger partial charge in [-0.2, -0.15) is 0 Å². The van der Waals surface area contributed by atoms with Gasteiger partial charge in [0.25, 0.3) is 11.5 Å². The molecule has 1 aliphatic heterocycles. The molecule has 1 amide bonds. The van der Waals surface area contributed by atoms with Crippen molar-refractivity contribution in [3.05, 3.63) is 69.0 Å². The molecule has 0 spiro atoms. The average molecular weight is 401 g/mol. The molecule has 146 valence electrons. The van der Waals surface area contributed by atoms with Crippen LogP contribution in [0.1, 0.15) is 35.8 Å². The molecule has 1 aromatic heterocycles. The van der Waals surface area contributed by atoms with E-state index in [9.17, 15) is 9.59 Å². The number of nitrogens with zero attached hydrogens (tertiary/aromatic N) is 1. The first kappa shape index (κ1) is 19.8. The Morgan fingerprint density at radius 1 is 1.29 bits per heavy atom. The number of rotatable bonds is 4. The van der Waals surface area contributed by atoms with Gasteiger partial charge in [-0.1, -0.05) is 11.6 Å². The Morgan fingerprint density at radius 2 is 1.96 bits per heavy atom. The molecule has 0 aliphatic carbocycles. The van der Waals surface area contributed by atoms with Gasteiger partial charge in [0, 0.05) is 28.8 Å². The van der Waals surface area contributed by atoms with Crippen LogP contribution in [0.15, 0.2) is 41.3 Å². The molecule has 1 aromatic carbocycles. The minimum Gasteiger partial charge on any atom is -0.404 e. The van der Waals surface area contributed by atoms with Crippen LogP contribution in [0.5, 0.6) is 0 Å². The van der Waals surface area contributed by atoms with Crippen molar-refractivity contribution in [1.29, 1.82) is 5.41 Å². The van der Waals surface area contributed by atoms with Crippen molar-refractivity contribution in [2.75, 3.05) is 13.1 Å². The van der Waals surface area contributed by atoms with E-state index in [1.807, 2.05) is 0 Å². The number of amidine groups is 1. The highest BCUT2D eigenvalue weighted by Crippen LogP contribution is 2.23. The quantitative estimate of drug-likeness (QED) is 0.299. The Balaban J connectivity index is 1.81. The van der Waals surface area contributed by atoms with E-state index in [0.29, 0.717) is 16.3 Å². The molecule has 1 aliphatic rings. The van der Waals surface area contributed by atoms with Crippen LogP contribution in [0.2, 0.25) is 5.02 Å². The molecule has 0 saturated carbocycles. The molecule has 9 heteroatoms. The lowest BCUT2D eigenvalue weighted by Crippen LogP contribution is -2.33. The fourth-order valence-electron chi connectivity index (χ4n) is 3.06. The molecule has 6 N–H and O–H groups in total. The number of piperidine rings is 1. The Labute approximate surface area is 166 Å². The van der Waals surface area contributed by atoms with Gasteiger partial charge < -0.3 is 21.4 Å². The maximum atomic E-state index is 12.6. The van der Waals surface area contributed by atoms with Gasteiger partial charge in [0.15, 0.2) is 0 Å². The number of benzene rings is 1. The van der Waals surface area contributed by atoms with E-state index in [1.165, 1.54) is 6.07 Å². The molecule has 0 atom stereocenters. The van der Waals surface area contributed by atoms with E-state index in [2.05, 4.69) is 20.6 Å². The molecule has 28 heavy (non-hydrogen) atoms. The SMILES string of the molecule is N=C(NC(=O)C(=CN)c1nc(C2CCNCC2)cc(=O)[nH]1)c1ccc(Cl)cc1. The van der Waals surface area contributed by atoms with Crippen molar-refractivity contribution in [2.24, 2.45) is 5.73 Å². The van der Waals surface area contributed by atoms with E-state index in [0.717, 1.165) is 32.1 Å². The van der Waals surface area contributed by atoms with Crippen LogP contribution in [0.3, 0.4) is 0 Å². The number of aromatic amines is 1. The lowest BCUT2D eigenvalue weighted by Gasteiger charge is -2.22. The van der Waals surface area contributed by atoms with Crippen LogP contribution in [-0.4, -0.2) is 34.8 Å². The summed E-state index contributed by atoms with van der Waals surface area (Å²) in [7, 11) is 0. The molecule has 0 unspecified atom stereocenters. The monoisotopic (exact) mass is 400 g/mol. The number of H-pyrrole nitrogens is 1. The Kier molecular flexibility index (Phi) is 6.23. The summed E-state index contributed by atoms with van der Waals surface area (Å²) in [5.41, 5.74) is 6.40. The number of nitrogens with one attached hydrogen (secondary N) is 4.